The van der Waals surface area contributed by atoms with Crippen LogP contribution in [-0.2, 0) is 4.57 Å². The van der Waals surface area contributed by atoms with Gasteiger partial charge in [-0.25, -0.2) is 4.79 Å². The molecule has 6 nitrogen and oxygen atoms in total. The lowest BCUT2D eigenvalue weighted by atomic mass is 10.1. The van der Waals surface area contributed by atoms with Gasteiger partial charge in [-0.05, 0) is 24.3 Å². The van der Waals surface area contributed by atoms with E-state index in [0.29, 0.717) is 10.9 Å². The van der Waals surface area contributed by atoms with Crippen LogP contribution in [0.1, 0.15) is 10.4 Å². The van der Waals surface area contributed by atoms with Crippen molar-refractivity contribution in [1.82, 2.24) is 4.98 Å². The van der Waals surface area contributed by atoms with E-state index in [1.165, 1.54) is 24.3 Å². The van der Waals surface area contributed by atoms with Crippen molar-refractivity contribution < 1.29 is 24.3 Å². The molecule has 0 amide bonds. The van der Waals surface area contributed by atoms with Gasteiger partial charge < -0.3 is 19.9 Å². The first-order chi connectivity index (χ1) is 7.38. The number of carbonyl (C=O) groups is 1. The van der Waals surface area contributed by atoms with Crippen molar-refractivity contribution in [2.75, 3.05) is 0 Å². The van der Waals surface area contributed by atoms with Gasteiger partial charge in [0.1, 0.15) is 5.44 Å². The molecule has 0 unspecified atom stereocenters. The molecular weight excluding hydrogens is 233 g/mol. The molecule has 0 saturated carbocycles. The first-order valence-corrected chi connectivity index (χ1v) is 5.91. The summed E-state index contributed by atoms with van der Waals surface area (Å²) in [4.78, 5) is 31.1. The van der Waals surface area contributed by atoms with Crippen molar-refractivity contribution in [1.29, 1.82) is 0 Å². The van der Waals surface area contributed by atoms with Crippen LogP contribution >= 0.6 is 7.60 Å². The molecule has 7 heteroatoms. The lowest BCUT2D eigenvalue weighted by molar-refractivity contribution is 0.0697. The number of H-pyrrole nitrogens is 1. The molecule has 4 N–H and O–H groups in total. The predicted molar refractivity (Wildman–Crippen MR) is 56.9 cm³/mol. The maximum absolute atomic E-state index is 11.0. The first kappa shape index (κ1) is 10.9. The van der Waals surface area contributed by atoms with Crippen LogP contribution < -0.4 is 5.44 Å². The summed E-state index contributed by atoms with van der Waals surface area (Å²) in [6.45, 7) is 0. The van der Waals surface area contributed by atoms with Crippen molar-refractivity contribution in [2.24, 2.45) is 0 Å². The summed E-state index contributed by atoms with van der Waals surface area (Å²) in [5.41, 5.74) is 0.345. The molecule has 0 spiro atoms. The van der Waals surface area contributed by atoms with Gasteiger partial charge in [0.25, 0.3) is 0 Å². The Balaban J connectivity index is 2.63. The number of benzene rings is 1. The Labute approximate surface area is 89.7 Å². The lowest BCUT2D eigenvalue weighted by Gasteiger charge is -1.97. The molecule has 1 aromatic carbocycles. The van der Waals surface area contributed by atoms with Crippen molar-refractivity contribution in [3.05, 3.63) is 29.8 Å². The molecule has 16 heavy (non-hydrogen) atoms. The number of nitrogens with one attached hydrogen (secondary N) is 1. The van der Waals surface area contributed by atoms with Crippen LogP contribution in [-0.4, -0.2) is 25.8 Å². The van der Waals surface area contributed by atoms with E-state index in [2.05, 4.69) is 4.98 Å². The predicted octanol–water partition coefficient (Wildman–Crippen LogP) is 0.669. The van der Waals surface area contributed by atoms with E-state index < -0.39 is 13.6 Å². The third-order valence-corrected chi connectivity index (χ3v) is 3.04. The zero-order valence-corrected chi connectivity index (χ0v) is 8.81. The number of aromatic carboxylic acids is 1. The normalized spacial score (nSPS) is 11.9. The number of carboxylic acids is 1. The Hall–Kier alpha value is -1.62. The highest BCUT2D eigenvalue weighted by atomic mass is 31.2. The summed E-state index contributed by atoms with van der Waals surface area (Å²) in [6.07, 6.45) is 0. The average molecular weight is 241 g/mol. The smallest absolute Gasteiger partial charge is 0.372 e. The van der Waals surface area contributed by atoms with Crippen molar-refractivity contribution in [2.45, 2.75) is 0 Å². The molecule has 0 aliphatic heterocycles. The zero-order chi connectivity index (χ0) is 11.9. The highest BCUT2D eigenvalue weighted by Gasteiger charge is 2.19. The number of aromatic nitrogens is 1. The Bertz CT molecular complexity index is 611. The van der Waals surface area contributed by atoms with E-state index in [1.54, 1.807) is 0 Å². The second-order valence-electron chi connectivity index (χ2n) is 3.31. The molecule has 0 radical (unpaired) electrons. The zero-order valence-electron chi connectivity index (χ0n) is 7.91. The van der Waals surface area contributed by atoms with Gasteiger partial charge in [0, 0.05) is 10.9 Å². The molecule has 0 fully saturated rings. The minimum absolute atomic E-state index is 0.0729. The standard InChI is InChI=1S/C9H8NO5P/c11-9(12)5-1-2-7-6(3-5)4-8(10-7)16(13,14)15/h1-4,10H,(H,11,12)(H2,13,14,15). The first-order valence-electron chi connectivity index (χ1n) is 4.30. The molecular formula is C9H8NO5P. The van der Waals surface area contributed by atoms with Gasteiger partial charge in [0.15, 0.2) is 0 Å². The maximum Gasteiger partial charge on any atom is 0.372 e. The Morgan fingerprint density at radius 2 is 1.94 bits per heavy atom. The van der Waals surface area contributed by atoms with Crippen LogP contribution in [0.4, 0.5) is 0 Å². The Kier molecular flexibility index (Phi) is 2.35. The Morgan fingerprint density at radius 3 is 2.50 bits per heavy atom. The van der Waals surface area contributed by atoms with Gasteiger partial charge in [0.2, 0.25) is 0 Å². The van der Waals surface area contributed by atoms with Crippen LogP contribution in [0.3, 0.4) is 0 Å². The average Bonchev–Trinajstić information content (AvgIpc) is 2.58. The number of aromatic amines is 1. The number of rotatable bonds is 2. The highest BCUT2D eigenvalue weighted by molar-refractivity contribution is 7.60. The SMILES string of the molecule is O=C(O)c1ccc2[nH]c(P(=O)(O)O)cc2c1. The topological polar surface area (TPSA) is 111 Å². The molecule has 1 heterocycles. The van der Waals surface area contributed by atoms with Gasteiger partial charge >= 0.3 is 13.6 Å². The van der Waals surface area contributed by atoms with Crippen LogP contribution in [0.2, 0.25) is 0 Å². The van der Waals surface area contributed by atoms with Crippen molar-refractivity contribution >= 4 is 29.9 Å². The lowest BCUT2D eigenvalue weighted by Crippen LogP contribution is -2.02. The summed E-state index contributed by atoms with van der Waals surface area (Å²) >= 11 is 0. The fourth-order valence-corrected chi connectivity index (χ4v) is 1.98. The monoisotopic (exact) mass is 241 g/mol. The van der Waals surface area contributed by atoms with E-state index in [4.69, 9.17) is 14.9 Å². The Morgan fingerprint density at radius 1 is 1.25 bits per heavy atom. The maximum atomic E-state index is 11.0. The van der Waals surface area contributed by atoms with Gasteiger partial charge in [-0.2, -0.15) is 0 Å². The summed E-state index contributed by atoms with van der Waals surface area (Å²) in [7, 11) is -4.33. The van der Waals surface area contributed by atoms with Crippen molar-refractivity contribution in [3.63, 3.8) is 0 Å². The van der Waals surface area contributed by atoms with Crippen LogP contribution in [0, 0.1) is 0 Å². The molecule has 2 rings (SSSR count). The van der Waals surface area contributed by atoms with Crippen LogP contribution in [0.15, 0.2) is 24.3 Å². The van der Waals surface area contributed by atoms with E-state index in [0.717, 1.165) is 0 Å². The summed E-state index contributed by atoms with van der Waals surface area (Å²) in [5.74, 6) is -1.08. The van der Waals surface area contributed by atoms with Crippen LogP contribution in [0.25, 0.3) is 10.9 Å². The molecule has 0 atom stereocenters. The second-order valence-corrected chi connectivity index (χ2v) is 4.88. The molecule has 84 valence electrons. The van der Waals surface area contributed by atoms with Gasteiger partial charge in [-0.3, -0.25) is 4.57 Å². The van der Waals surface area contributed by atoms with E-state index >= 15 is 0 Å². The van der Waals surface area contributed by atoms with Crippen molar-refractivity contribution in [3.8, 4) is 0 Å². The highest BCUT2D eigenvalue weighted by Crippen LogP contribution is 2.33. The summed E-state index contributed by atoms with van der Waals surface area (Å²) < 4.78 is 11.0. The molecule has 1 aromatic heterocycles. The number of fused-ring (bicyclic) bond motifs is 1. The minimum atomic E-state index is -4.33. The molecule has 0 aliphatic carbocycles. The third kappa shape index (κ3) is 1.86. The number of hydrogen-bond acceptors (Lipinski definition) is 2. The van der Waals surface area contributed by atoms with E-state index in [9.17, 15) is 9.36 Å². The third-order valence-electron chi connectivity index (χ3n) is 2.17. The number of hydrogen-bond donors (Lipinski definition) is 4. The summed E-state index contributed by atoms with van der Waals surface area (Å²) in [5, 5.41) is 9.20. The molecule has 0 bridgehead atoms. The molecule has 0 saturated heterocycles. The fraction of sp³-hybridized carbons (Fsp3) is 0. The van der Waals surface area contributed by atoms with Gasteiger partial charge in [-0.1, -0.05) is 0 Å². The fourth-order valence-electron chi connectivity index (χ4n) is 1.41. The van der Waals surface area contributed by atoms with E-state index in [1.807, 2.05) is 0 Å². The minimum Gasteiger partial charge on any atom is -0.478 e. The number of carboxylic acid groups (broad SMARTS) is 1. The van der Waals surface area contributed by atoms with Gasteiger partial charge in [0.05, 0.1) is 5.56 Å². The van der Waals surface area contributed by atoms with Gasteiger partial charge in [-0.15, -0.1) is 0 Å². The molecule has 2 aromatic rings. The largest absolute Gasteiger partial charge is 0.478 e. The molecule has 0 aliphatic rings. The second kappa shape index (κ2) is 3.45. The summed E-state index contributed by atoms with van der Waals surface area (Å²) in [6, 6.07) is 5.44. The van der Waals surface area contributed by atoms with Crippen LogP contribution in [0.5, 0.6) is 0 Å². The van der Waals surface area contributed by atoms with E-state index in [-0.39, 0.29) is 11.0 Å². The quantitative estimate of drug-likeness (QED) is 0.577.